The first kappa shape index (κ1) is 16.6. The second-order valence-corrected chi connectivity index (χ2v) is 7.69. The zero-order valence-corrected chi connectivity index (χ0v) is 14.5. The van der Waals surface area contributed by atoms with Gasteiger partial charge in [0.1, 0.15) is 0 Å². The smallest absolute Gasteiger partial charge is 0.193 e. The van der Waals surface area contributed by atoms with Crippen molar-refractivity contribution in [1.29, 1.82) is 0 Å². The Bertz CT molecular complexity index is 343. The maximum Gasteiger partial charge on any atom is 0.193 e. The molecular weight excluding hydrogens is 260 g/mol. The van der Waals surface area contributed by atoms with Crippen LogP contribution in [0.1, 0.15) is 46.5 Å². The number of aliphatic imine (C=N–C) groups is 1. The minimum absolute atomic E-state index is 0.433. The van der Waals surface area contributed by atoms with Gasteiger partial charge in [0.25, 0.3) is 0 Å². The molecule has 122 valence electrons. The molecule has 2 saturated heterocycles. The van der Waals surface area contributed by atoms with Crippen molar-refractivity contribution in [1.82, 2.24) is 15.1 Å². The Morgan fingerprint density at radius 3 is 2.52 bits per heavy atom. The van der Waals surface area contributed by atoms with Crippen LogP contribution in [0.15, 0.2) is 4.99 Å². The van der Waals surface area contributed by atoms with Crippen LogP contribution < -0.4 is 5.32 Å². The number of piperidine rings is 1. The predicted octanol–water partition coefficient (Wildman–Crippen LogP) is 2.42. The standard InChI is InChI=1S/C17H34N4/c1-15-6-11-20(12-7-15)10-5-9-19-16(18-4)21-13-8-17(2,3)14-21/h15H,5-14H2,1-4H3,(H,18,19). The van der Waals surface area contributed by atoms with E-state index in [4.69, 9.17) is 0 Å². The number of hydrogen-bond donors (Lipinski definition) is 1. The third-order valence-electron chi connectivity index (χ3n) is 5.00. The van der Waals surface area contributed by atoms with Gasteiger partial charge in [-0.25, -0.2) is 0 Å². The summed E-state index contributed by atoms with van der Waals surface area (Å²) < 4.78 is 0. The minimum Gasteiger partial charge on any atom is -0.356 e. The highest BCUT2D eigenvalue weighted by Crippen LogP contribution is 2.28. The zero-order chi connectivity index (χ0) is 15.3. The van der Waals surface area contributed by atoms with E-state index in [0.29, 0.717) is 5.41 Å². The van der Waals surface area contributed by atoms with Crippen molar-refractivity contribution in [3.05, 3.63) is 0 Å². The molecule has 1 N–H and O–H groups in total. The fraction of sp³-hybridized carbons (Fsp3) is 0.941. The van der Waals surface area contributed by atoms with Crippen molar-refractivity contribution in [2.24, 2.45) is 16.3 Å². The quantitative estimate of drug-likeness (QED) is 0.491. The van der Waals surface area contributed by atoms with Crippen LogP contribution in [0.4, 0.5) is 0 Å². The molecule has 0 saturated carbocycles. The van der Waals surface area contributed by atoms with Gasteiger partial charge in [-0.1, -0.05) is 20.8 Å². The molecule has 0 atom stereocenters. The molecule has 2 rings (SSSR count). The summed E-state index contributed by atoms with van der Waals surface area (Å²) in [6.07, 6.45) is 5.22. The summed E-state index contributed by atoms with van der Waals surface area (Å²) in [6, 6.07) is 0. The summed E-state index contributed by atoms with van der Waals surface area (Å²) in [5, 5.41) is 3.55. The molecule has 2 aliphatic rings. The monoisotopic (exact) mass is 294 g/mol. The van der Waals surface area contributed by atoms with E-state index in [1.807, 2.05) is 7.05 Å². The Labute approximate surface area is 131 Å². The molecule has 0 unspecified atom stereocenters. The van der Waals surface area contributed by atoms with E-state index in [2.05, 4.69) is 40.9 Å². The first-order chi connectivity index (χ1) is 10.00. The van der Waals surface area contributed by atoms with E-state index >= 15 is 0 Å². The summed E-state index contributed by atoms with van der Waals surface area (Å²) >= 11 is 0. The van der Waals surface area contributed by atoms with E-state index in [9.17, 15) is 0 Å². The molecule has 4 heteroatoms. The number of nitrogens with zero attached hydrogens (tertiary/aromatic N) is 3. The third-order valence-corrected chi connectivity index (χ3v) is 5.00. The Morgan fingerprint density at radius 1 is 1.24 bits per heavy atom. The molecule has 0 spiro atoms. The summed E-state index contributed by atoms with van der Waals surface area (Å²) in [5.74, 6) is 2.02. The van der Waals surface area contributed by atoms with Gasteiger partial charge < -0.3 is 15.1 Å². The van der Waals surface area contributed by atoms with E-state index in [1.54, 1.807) is 0 Å². The molecule has 2 heterocycles. The second-order valence-electron chi connectivity index (χ2n) is 7.69. The van der Waals surface area contributed by atoms with Gasteiger partial charge in [0.15, 0.2) is 5.96 Å². The third kappa shape index (κ3) is 5.17. The normalized spacial score (nSPS) is 24.6. The number of nitrogens with one attached hydrogen (secondary N) is 1. The minimum atomic E-state index is 0.433. The van der Waals surface area contributed by atoms with Gasteiger partial charge >= 0.3 is 0 Å². The van der Waals surface area contributed by atoms with Crippen LogP contribution in [0.25, 0.3) is 0 Å². The molecule has 21 heavy (non-hydrogen) atoms. The van der Waals surface area contributed by atoms with Crippen LogP contribution in [0.2, 0.25) is 0 Å². The largest absolute Gasteiger partial charge is 0.356 e. The lowest BCUT2D eigenvalue weighted by Gasteiger charge is -2.30. The van der Waals surface area contributed by atoms with Crippen molar-refractivity contribution in [2.45, 2.75) is 46.5 Å². The molecule has 0 amide bonds. The van der Waals surface area contributed by atoms with Crippen LogP contribution in [-0.4, -0.2) is 62.1 Å². The van der Waals surface area contributed by atoms with E-state index < -0.39 is 0 Å². The molecule has 0 aromatic rings. The molecule has 4 nitrogen and oxygen atoms in total. The maximum atomic E-state index is 4.45. The van der Waals surface area contributed by atoms with Crippen molar-refractivity contribution in [3.63, 3.8) is 0 Å². The van der Waals surface area contributed by atoms with Gasteiger partial charge in [0, 0.05) is 26.7 Å². The SMILES string of the molecule is CN=C(NCCCN1CCC(C)CC1)N1CCC(C)(C)C1. The first-order valence-electron chi connectivity index (χ1n) is 8.68. The van der Waals surface area contributed by atoms with E-state index in [0.717, 1.165) is 31.5 Å². The maximum absolute atomic E-state index is 4.45. The van der Waals surface area contributed by atoms with Crippen molar-refractivity contribution in [2.75, 3.05) is 46.3 Å². The highest BCUT2D eigenvalue weighted by Gasteiger charge is 2.30. The molecule has 0 aromatic carbocycles. The lowest BCUT2D eigenvalue weighted by molar-refractivity contribution is 0.191. The summed E-state index contributed by atoms with van der Waals surface area (Å²) in [4.78, 5) is 9.47. The molecule has 2 fully saturated rings. The van der Waals surface area contributed by atoms with Crippen molar-refractivity contribution < 1.29 is 0 Å². The van der Waals surface area contributed by atoms with Crippen LogP contribution >= 0.6 is 0 Å². The van der Waals surface area contributed by atoms with Crippen LogP contribution in [0.3, 0.4) is 0 Å². The summed E-state index contributed by atoms with van der Waals surface area (Å²) in [5.41, 5.74) is 0.433. The Balaban J connectivity index is 1.63. The zero-order valence-electron chi connectivity index (χ0n) is 14.5. The summed E-state index contributed by atoms with van der Waals surface area (Å²) in [6.45, 7) is 14.2. The Kier molecular flexibility index (Phi) is 5.91. The number of guanidine groups is 1. The summed E-state index contributed by atoms with van der Waals surface area (Å²) in [7, 11) is 1.90. The van der Waals surface area contributed by atoms with Gasteiger partial charge in [-0.05, 0) is 56.7 Å². The molecular formula is C17H34N4. The average Bonchev–Trinajstić information content (AvgIpc) is 2.81. The highest BCUT2D eigenvalue weighted by molar-refractivity contribution is 5.80. The van der Waals surface area contributed by atoms with Gasteiger partial charge in [-0.3, -0.25) is 4.99 Å². The first-order valence-corrected chi connectivity index (χ1v) is 8.68. The van der Waals surface area contributed by atoms with Crippen LogP contribution in [0, 0.1) is 11.3 Å². The van der Waals surface area contributed by atoms with Crippen molar-refractivity contribution in [3.8, 4) is 0 Å². The van der Waals surface area contributed by atoms with E-state index in [-0.39, 0.29) is 0 Å². The fourth-order valence-corrected chi connectivity index (χ4v) is 3.41. The number of hydrogen-bond acceptors (Lipinski definition) is 2. The van der Waals surface area contributed by atoms with Crippen LogP contribution in [-0.2, 0) is 0 Å². The van der Waals surface area contributed by atoms with Crippen LogP contribution in [0.5, 0.6) is 0 Å². The van der Waals surface area contributed by atoms with Crippen molar-refractivity contribution >= 4 is 5.96 Å². The number of likely N-dealkylation sites (tertiary alicyclic amines) is 2. The van der Waals surface area contributed by atoms with Gasteiger partial charge in [-0.2, -0.15) is 0 Å². The highest BCUT2D eigenvalue weighted by atomic mass is 15.3. The molecule has 0 aromatic heterocycles. The molecule has 0 bridgehead atoms. The predicted molar refractivity (Wildman–Crippen MR) is 90.8 cm³/mol. The lowest BCUT2D eigenvalue weighted by atomic mass is 9.93. The number of rotatable bonds is 4. The molecule has 0 radical (unpaired) electrons. The Morgan fingerprint density at radius 2 is 1.95 bits per heavy atom. The van der Waals surface area contributed by atoms with Gasteiger partial charge in [-0.15, -0.1) is 0 Å². The van der Waals surface area contributed by atoms with E-state index in [1.165, 1.54) is 45.3 Å². The topological polar surface area (TPSA) is 30.9 Å². The fourth-order valence-electron chi connectivity index (χ4n) is 3.41. The Hall–Kier alpha value is -0.770. The lowest BCUT2D eigenvalue weighted by Crippen LogP contribution is -2.42. The second kappa shape index (κ2) is 7.48. The van der Waals surface area contributed by atoms with Gasteiger partial charge in [0.2, 0.25) is 0 Å². The molecule has 2 aliphatic heterocycles. The van der Waals surface area contributed by atoms with Gasteiger partial charge in [0.05, 0.1) is 0 Å². The molecule has 0 aliphatic carbocycles. The average molecular weight is 294 g/mol.